The van der Waals surface area contributed by atoms with E-state index in [-0.39, 0.29) is 11.3 Å². The molecular formula is C18H23F3N2O3. The highest BCUT2D eigenvalue weighted by atomic mass is 19.4. The van der Waals surface area contributed by atoms with E-state index in [1.165, 1.54) is 24.0 Å². The van der Waals surface area contributed by atoms with E-state index in [2.05, 4.69) is 5.32 Å². The van der Waals surface area contributed by atoms with E-state index in [9.17, 15) is 22.8 Å². The Morgan fingerprint density at radius 3 is 2.46 bits per heavy atom. The lowest BCUT2D eigenvalue weighted by atomic mass is 10.1. The van der Waals surface area contributed by atoms with E-state index in [4.69, 9.17) is 4.74 Å². The zero-order chi connectivity index (χ0) is 19.7. The molecule has 1 aliphatic heterocycles. The number of alkyl halides is 3. The van der Waals surface area contributed by atoms with Crippen LogP contribution in [0.2, 0.25) is 0 Å². The Kier molecular flexibility index (Phi) is 5.53. The van der Waals surface area contributed by atoms with Gasteiger partial charge in [0.1, 0.15) is 11.6 Å². The molecule has 8 heteroatoms. The Bertz CT molecular complexity index is 696. The Morgan fingerprint density at radius 2 is 1.88 bits per heavy atom. The van der Waals surface area contributed by atoms with Crippen LogP contribution >= 0.6 is 0 Å². The van der Waals surface area contributed by atoms with Gasteiger partial charge in [0, 0.05) is 12.2 Å². The number of benzene rings is 1. The van der Waals surface area contributed by atoms with Crippen molar-refractivity contribution in [1.82, 2.24) is 4.90 Å². The van der Waals surface area contributed by atoms with Gasteiger partial charge >= 0.3 is 12.3 Å². The van der Waals surface area contributed by atoms with Crippen LogP contribution in [-0.4, -0.2) is 35.1 Å². The molecule has 0 spiro atoms. The van der Waals surface area contributed by atoms with Gasteiger partial charge in [0.15, 0.2) is 0 Å². The van der Waals surface area contributed by atoms with Crippen LogP contribution in [0.1, 0.15) is 44.7 Å². The minimum Gasteiger partial charge on any atom is -0.444 e. The number of ether oxygens (including phenoxy) is 1. The van der Waals surface area contributed by atoms with E-state index < -0.39 is 35.4 Å². The SMILES string of the molecule is Cc1ccc(NC(=O)[C@H]2CCCN2C(=O)OC(C)(C)C)cc1C(F)(F)F. The molecule has 1 N–H and O–H groups in total. The molecule has 0 aromatic heterocycles. The monoisotopic (exact) mass is 372 g/mol. The van der Waals surface area contributed by atoms with Crippen molar-refractivity contribution in [3.8, 4) is 0 Å². The maximum atomic E-state index is 13.0. The quantitative estimate of drug-likeness (QED) is 0.840. The van der Waals surface area contributed by atoms with Crippen molar-refractivity contribution in [2.24, 2.45) is 0 Å². The van der Waals surface area contributed by atoms with Crippen LogP contribution in [0, 0.1) is 6.92 Å². The average Bonchev–Trinajstić information content (AvgIpc) is 2.96. The predicted molar refractivity (Wildman–Crippen MR) is 90.8 cm³/mol. The molecule has 0 radical (unpaired) electrons. The van der Waals surface area contributed by atoms with Crippen LogP contribution in [0.5, 0.6) is 0 Å². The predicted octanol–water partition coefficient (Wildman–Crippen LogP) is 4.35. The molecule has 0 unspecified atom stereocenters. The maximum Gasteiger partial charge on any atom is 0.416 e. The second-order valence-corrected chi connectivity index (χ2v) is 7.35. The summed E-state index contributed by atoms with van der Waals surface area (Å²) < 4.78 is 44.3. The number of nitrogens with one attached hydrogen (secondary N) is 1. The lowest BCUT2D eigenvalue weighted by Gasteiger charge is -2.28. The summed E-state index contributed by atoms with van der Waals surface area (Å²) in [5.74, 6) is -0.523. The molecule has 26 heavy (non-hydrogen) atoms. The largest absolute Gasteiger partial charge is 0.444 e. The first kappa shape index (κ1) is 20.1. The first-order chi connectivity index (χ1) is 11.9. The molecule has 0 bridgehead atoms. The fourth-order valence-electron chi connectivity index (χ4n) is 2.81. The molecule has 2 rings (SSSR count). The van der Waals surface area contributed by atoms with Crippen molar-refractivity contribution in [2.75, 3.05) is 11.9 Å². The van der Waals surface area contributed by atoms with E-state index >= 15 is 0 Å². The number of anilines is 1. The van der Waals surface area contributed by atoms with Crippen LogP contribution in [-0.2, 0) is 15.7 Å². The summed E-state index contributed by atoms with van der Waals surface area (Å²) in [4.78, 5) is 26.1. The van der Waals surface area contributed by atoms with E-state index in [1.54, 1.807) is 20.8 Å². The van der Waals surface area contributed by atoms with Crippen LogP contribution < -0.4 is 5.32 Å². The normalized spacial score (nSPS) is 18.0. The summed E-state index contributed by atoms with van der Waals surface area (Å²) in [7, 11) is 0. The van der Waals surface area contributed by atoms with Crippen molar-refractivity contribution in [3.63, 3.8) is 0 Å². The number of likely N-dealkylation sites (tertiary alicyclic amines) is 1. The number of amides is 2. The molecule has 0 aliphatic carbocycles. The van der Waals surface area contributed by atoms with Gasteiger partial charge in [0.2, 0.25) is 5.91 Å². The summed E-state index contributed by atoms with van der Waals surface area (Å²) >= 11 is 0. The lowest BCUT2D eigenvalue weighted by molar-refractivity contribution is -0.138. The third kappa shape index (κ3) is 4.89. The van der Waals surface area contributed by atoms with Gasteiger partial charge in [0.05, 0.1) is 5.56 Å². The topological polar surface area (TPSA) is 58.6 Å². The van der Waals surface area contributed by atoms with Crippen LogP contribution in [0.15, 0.2) is 18.2 Å². The van der Waals surface area contributed by atoms with Crippen LogP contribution in [0.3, 0.4) is 0 Å². The molecule has 1 saturated heterocycles. The molecule has 1 aromatic rings. The summed E-state index contributed by atoms with van der Waals surface area (Å²) in [6.07, 6.45) is -4.04. The summed E-state index contributed by atoms with van der Waals surface area (Å²) in [6, 6.07) is 2.86. The Hall–Kier alpha value is -2.25. The number of rotatable bonds is 2. The highest BCUT2D eigenvalue weighted by Crippen LogP contribution is 2.33. The van der Waals surface area contributed by atoms with Gasteiger partial charge in [-0.3, -0.25) is 9.69 Å². The zero-order valence-electron chi connectivity index (χ0n) is 15.2. The standard InChI is InChI=1S/C18H23F3N2O3/c1-11-7-8-12(10-13(11)18(19,20)21)22-15(24)14-6-5-9-23(14)16(25)26-17(2,3)4/h7-8,10,14H,5-6,9H2,1-4H3,(H,22,24)/t14-/m1/s1. The summed E-state index contributed by atoms with van der Waals surface area (Å²) in [5, 5.41) is 2.48. The van der Waals surface area contributed by atoms with Crippen molar-refractivity contribution < 1.29 is 27.5 Å². The summed E-state index contributed by atoms with van der Waals surface area (Å²) in [5.41, 5.74) is -1.37. The van der Waals surface area contributed by atoms with Gasteiger partial charge in [-0.15, -0.1) is 0 Å². The Labute approximate surface area is 150 Å². The van der Waals surface area contributed by atoms with Gasteiger partial charge in [0.25, 0.3) is 0 Å². The number of hydrogen-bond acceptors (Lipinski definition) is 3. The lowest BCUT2D eigenvalue weighted by Crippen LogP contribution is -2.45. The molecule has 0 saturated carbocycles. The second-order valence-electron chi connectivity index (χ2n) is 7.35. The number of carbonyl (C=O) groups excluding carboxylic acids is 2. The third-order valence-corrected chi connectivity index (χ3v) is 3.99. The molecule has 1 aliphatic rings. The van der Waals surface area contributed by atoms with Crippen LogP contribution in [0.4, 0.5) is 23.7 Å². The van der Waals surface area contributed by atoms with Gasteiger partial charge in [-0.25, -0.2) is 4.79 Å². The number of aryl methyl sites for hydroxylation is 1. The molecule has 1 heterocycles. The summed E-state index contributed by atoms with van der Waals surface area (Å²) in [6.45, 7) is 6.90. The fourth-order valence-corrected chi connectivity index (χ4v) is 2.81. The van der Waals surface area contributed by atoms with Gasteiger partial charge in [-0.05, 0) is 58.2 Å². The van der Waals surface area contributed by atoms with Gasteiger partial charge in [-0.2, -0.15) is 13.2 Å². The van der Waals surface area contributed by atoms with Gasteiger partial charge < -0.3 is 10.1 Å². The smallest absolute Gasteiger partial charge is 0.416 e. The molecule has 1 atom stereocenters. The highest BCUT2D eigenvalue weighted by Gasteiger charge is 2.37. The van der Waals surface area contributed by atoms with Crippen LogP contribution in [0.25, 0.3) is 0 Å². The molecular weight excluding hydrogens is 349 g/mol. The number of carbonyl (C=O) groups is 2. The van der Waals surface area contributed by atoms with Crippen molar-refractivity contribution in [2.45, 2.75) is 58.4 Å². The third-order valence-electron chi connectivity index (χ3n) is 3.99. The van der Waals surface area contributed by atoms with Crippen molar-refractivity contribution in [3.05, 3.63) is 29.3 Å². The number of halogens is 3. The van der Waals surface area contributed by atoms with E-state index in [1.807, 2.05) is 0 Å². The van der Waals surface area contributed by atoms with Crippen molar-refractivity contribution >= 4 is 17.7 Å². The molecule has 144 valence electrons. The number of hydrogen-bond donors (Lipinski definition) is 1. The zero-order valence-corrected chi connectivity index (χ0v) is 15.2. The van der Waals surface area contributed by atoms with E-state index in [0.717, 1.165) is 6.07 Å². The fraction of sp³-hybridized carbons (Fsp3) is 0.556. The minimum atomic E-state index is -4.50. The first-order valence-electron chi connectivity index (χ1n) is 8.37. The second kappa shape index (κ2) is 7.17. The maximum absolute atomic E-state index is 13.0. The van der Waals surface area contributed by atoms with Gasteiger partial charge in [-0.1, -0.05) is 6.07 Å². The molecule has 2 amide bonds. The first-order valence-corrected chi connectivity index (χ1v) is 8.37. The molecule has 5 nitrogen and oxygen atoms in total. The Morgan fingerprint density at radius 1 is 1.23 bits per heavy atom. The Balaban J connectivity index is 2.13. The average molecular weight is 372 g/mol. The minimum absolute atomic E-state index is 0.0453. The molecule has 1 fully saturated rings. The molecule has 1 aromatic carbocycles. The van der Waals surface area contributed by atoms with E-state index in [0.29, 0.717) is 19.4 Å². The van der Waals surface area contributed by atoms with Crippen molar-refractivity contribution in [1.29, 1.82) is 0 Å². The number of nitrogens with zero attached hydrogens (tertiary/aromatic N) is 1. The highest BCUT2D eigenvalue weighted by molar-refractivity contribution is 5.97.